The van der Waals surface area contributed by atoms with E-state index in [2.05, 4.69) is 50.4 Å². The zero-order chi connectivity index (χ0) is 19.2. The molecule has 2 aromatic rings. The third-order valence-corrected chi connectivity index (χ3v) is 4.53. The maximum atomic E-state index is 12.3. The van der Waals surface area contributed by atoms with E-state index in [1.54, 1.807) is 0 Å². The number of carbonyl (C=O) groups excluding carboxylic acids is 1. The van der Waals surface area contributed by atoms with Crippen LogP contribution in [-0.2, 0) is 16.6 Å². The highest BCUT2D eigenvalue weighted by Gasteiger charge is 2.13. The van der Waals surface area contributed by atoms with E-state index in [0.717, 1.165) is 17.7 Å². The van der Waals surface area contributed by atoms with Crippen molar-refractivity contribution in [1.29, 1.82) is 0 Å². The highest BCUT2D eigenvalue weighted by molar-refractivity contribution is 5.76. The zero-order valence-corrected chi connectivity index (χ0v) is 16.6. The van der Waals surface area contributed by atoms with Gasteiger partial charge in [0.1, 0.15) is 5.75 Å². The van der Waals surface area contributed by atoms with E-state index >= 15 is 0 Å². The predicted octanol–water partition coefficient (Wildman–Crippen LogP) is 5.19. The van der Waals surface area contributed by atoms with Crippen LogP contribution in [-0.4, -0.2) is 12.5 Å². The van der Waals surface area contributed by atoms with E-state index < -0.39 is 0 Å². The van der Waals surface area contributed by atoms with E-state index in [1.165, 1.54) is 11.1 Å². The average molecular weight is 354 g/mol. The molecule has 0 spiro atoms. The van der Waals surface area contributed by atoms with Crippen LogP contribution in [0.4, 0.5) is 0 Å². The quantitative estimate of drug-likeness (QED) is 0.743. The van der Waals surface area contributed by atoms with Gasteiger partial charge in [0.2, 0.25) is 5.91 Å². The summed E-state index contributed by atoms with van der Waals surface area (Å²) < 4.78 is 5.45. The fourth-order valence-corrected chi connectivity index (χ4v) is 2.85. The first kappa shape index (κ1) is 20.0. The maximum absolute atomic E-state index is 12.3. The Morgan fingerprint density at radius 1 is 1.04 bits per heavy atom. The molecular formula is C23H31NO2. The van der Waals surface area contributed by atoms with Gasteiger partial charge >= 0.3 is 0 Å². The van der Waals surface area contributed by atoms with Crippen molar-refractivity contribution in [3.63, 3.8) is 0 Å². The monoisotopic (exact) mass is 353 g/mol. The lowest BCUT2D eigenvalue weighted by Crippen LogP contribution is -2.26. The molecule has 0 radical (unpaired) electrons. The van der Waals surface area contributed by atoms with Crippen LogP contribution in [0.5, 0.6) is 5.75 Å². The first-order valence-electron chi connectivity index (χ1n) is 9.41. The molecule has 3 nitrogen and oxygen atoms in total. The van der Waals surface area contributed by atoms with Crippen LogP contribution in [0.2, 0.25) is 0 Å². The highest BCUT2D eigenvalue weighted by Crippen LogP contribution is 2.22. The Balaban J connectivity index is 1.84. The Hall–Kier alpha value is -2.29. The van der Waals surface area contributed by atoms with E-state index in [9.17, 15) is 4.79 Å². The number of benzene rings is 2. The second-order valence-corrected chi connectivity index (χ2v) is 7.74. The summed E-state index contributed by atoms with van der Waals surface area (Å²) in [6, 6.07) is 16.5. The Morgan fingerprint density at radius 2 is 1.65 bits per heavy atom. The molecule has 1 atom stereocenters. The van der Waals surface area contributed by atoms with Crippen LogP contribution in [0.15, 0.2) is 48.5 Å². The number of hydrogen-bond acceptors (Lipinski definition) is 2. The van der Waals surface area contributed by atoms with Crippen molar-refractivity contribution in [3.8, 4) is 5.75 Å². The Bertz CT molecular complexity index is 696. The van der Waals surface area contributed by atoms with Gasteiger partial charge < -0.3 is 10.1 Å². The van der Waals surface area contributed by atoms with Crippen LogP contribution < -0.4 is 10.1 Å². The lowest BCUT2D eigenvalue weighted by atomic mass is 9.86. The minimum Gasteiger partial charge on any atom is -0.494 e. The van der Waals surface area contributed by atoms with Gasteiger partial charge in [-0.1, -0.05) is 57.2 Å². The van der Waals surface area contributed by atoms with E-state index in [1.807, 2.05) is 38.1 Å². The van der Waals surface area contributed by atoms with Gasteiger partial charge in [-0.2, -0.15) is 0 Å². The van der Waals surface area contributed by atoms with Gasteiger partial charge in [-0.3, -0.25) is 4.79 Å². The molecule has 0 unspecified atom stereocenters. The number of hydrogen-bond donors (Lipinski definition) is 1. The molecule has 26 heavy (non-hydrogen) atoms. The Kier molecular flexibility index (Phi) is 6.84. The van der Waals surface area contributed by atoms with Gasteiger partial charge in [0.25, 0.3) is 0 Å². The van der Waals surface area contributed by atoms with Crippen LogP contribution in [0.3, 0.4) is 0 Å². The maximum Gasteiger partial charge on any atom is 0.220 e. The molecule has 2 rings (SSSR count). The number of aryl methyl sites for hydroxylation is 1. The first-order valence-corrected chi connectivity index (χ1v) is 9.41. The summed E-state index contributed by atoms with van der Waals surface area (Å²) in [6.45, 7) is 11.2. The molecule has 0 aliphatic rings. The summed E-state index contributed by atoms with van der Waals surface area (Å²) in [5.74, 6) is 0.930. The van der Waals surface area contributed by atoms with Crippen molar-refractivity contribution in [2.75, 3.05) is 6.61 Å². The number of nitrogens with one attached hydrogen (secondary N) is 1. The fraction of sp³-hybridized carbons (Fsp3) is 0.435. The number of rotatable bonds is 7. The first-order chi connectivity index (χ1) is 12.3. The summed E-state index contributed by atoms with van der Waals surface area (Å²) >= 11 is 0. The molecule has 0 heterocycles. The Morgan fingerprint density at radius 3 is 2.19 bits per heavy atom. The minimum atomic E-state index is -0.0126. The third kappa shape index (κ3) is 5.91. The lowest BCUT2D eigenvalue weighted by molar-refractivity contribution is -0.121. The topological polar surface area (TPSA) is 38.3 Å². The van der Waals surface area contributed by atoms with Crippen molar-refractivity contribution >= 4 is 5.91 Å². The molecular weight excluding hydrogens is 322 g/mol. The molecule has 3 heteroatoms. The molecule has 1 amide bonds. The van der Waals surface area contributed by atoms with Gasteiger partial charge in [0, 0.05) is 6.42 Å². The lowest BCUT2D eigenvalue weighted by Gasteiger charge is -2.19. The average Bonchev–Trinajstić information content (AvgIpc) is 2.60. The van der Waals surface area contributed by atoms with Gasteiger partial charge in [-0.15, -0.1) is 0 Å². The van der Waals surface area contributed by atoms with Crippen molar-refractivity contribution in [3.05, 3.63) is 65.2 Å². The van der Waals surface area contributed by atoms with Crippen LogP contribution >= 0.6 is 0 Å². The van der Waals surface area contributed by atoms with E-state index in [4.69, 9.17) is 4.74 Å². The SMILES string of the molecule is CCOc1ccc([C@@H](C)NC(=O)CCc2ccc(C(C)(C)C)cc2)cc1. The second kappa shape index (κ2) is 8.88. The van der Waals surface area contributed by atoms with E-state index in [-0.39, 0.29) is 17.4 Å². The van der Waals surface area contributed by atoms with Gasteiger partial charge in [-0.25, -0.2) is 0 Å². The van der Waals surface area contributed by atoms with Gasteiger partial charge in [0.05, 0.1) is 12.6 Å². The molecule has 0 saturated heterocycles. The summed E-state index contributed by atoms with van der Waals surface area (Å²) in [5, 5.41) is 3.07. The minimum absolute atomic E-state index is 0.0126. The van der Waals surface area contributed by atoms with Crippen LogP contribution in [0.1, 0.15) is 63.8 Å². The molecule has 0 bridgehead atoms. The third-order valence-electron chi connectivity index (χ3n) is 4.53. The van der Waals surface area contributed by atoms with Crippen LogP contribution in [0, 0.1) is 0 Å². The normalized spacial score (nSPS) is 12.5. The molecule has 0 aliphatic heterocycles. The zero-order valence-electron chi connectivity index (χ0n) is 16.6. The van der Waals surface area contributed by atoms with Gasteiger partial charge in [-0.05, 0) is 54.5 Å². The van der Waals surface area contributed by atoms with Crippen molar-refractivity contribution in [2.45, 2.75) is 58.9 Å². The predicted molar refractivity (Wildman–Crippen MR) is 108 cm³/mol. The number of ether oxygens (including phenoxy) is 1. The molecule has 2 aromatic carbocycles. The van der Waals surface area contributed by atoms with Crippen molar-refractivity contribution in [1.82, 2.24) is 5.32 Å². The molecule has 0 fully saturated rings. The molecule has 1 N–H and O–H groups in total. The Labute approximate surface area is 157 Å². The molecule has 0 aliphatic carbocycles. The molecule has 0 aromatic heterocycles. The molecule has 140 valence electrons. The fourth-order valence-electron chi connectivity index (χ4n) is 2.85. The summed E-state index contributed by atoms with van der Waals surface area (Å²) in [4.78, 5) is 12.3. The smallest absolute Gasteiger partial charge is 0.220 e. The van der Waals surface area contributed by atoms with Crippen molar-refractivity contribution in [2.24, 2.45) is 0 Å². The largest absolute Gasteiger partial charge is 0.494 e. The number of carbonyl (C=O) groups is 1. The van der Waals surface area contributed by atoms with Crippen molar-refractivity contribution < 1.29 is 9.53 Å². The summed E-state index contributed by atoms with van der Waals surface area (Å²) in [6.07, 6.45) is 1.25. The second-order valence-electron chi connectivity index (χ2n) is 7.74. The van der Waals surface area contributed by atoms with Crippen LogP contribution in [0.25, 0.3) is 0 Å². The van der Waals surface area contributed by atoms with Gasteiger partial charge in [0.15, 0.2) is 0 Å². The highest BCUT2D eigenvalue weighted by atomic mass is 16.5. The molecule has 0 saturated carbocycles. The summed E-state index contributed by atoms with van der Waals surface area (Å²) in [7, 11) is 0. The number of amides is 1. The summed E-state index contributed by atoms with van der Waals surface area (Å²) in [5.41, 5.74) is 3.75. The van der Waals surface area contributed by atoms with E-state index in [0.29, 0.717) is 13.0 Å². The standard InChI is InChI=1S/C23H31NO2/c1-6-26-21-14-10-19(11-15-21)17(2)24-22(25)16-9-18-7-12-20(13-8-18)23(3,4)5/h7-8,10-15,17H,6,9,16H2,1-5H3,(H,24,25)/t17-/m1/s1.